The summed E-state index contributed by atoms with van der Waals surface area (Å²) < 4.78 is 3.46. The summed E-state index contributed by atoms with van der Waals surface area (Å²) in [6.07, 6.45) is 7.81. The SMILES string of the molecule is C1CCC(c2nn[nH]n2)C1.CO.Cc1cc2nc3c(=O)[nH]c(=O)nc-3n(CC=O)c2cc1C.Cc1cc2nc3c(=O)[nH]c(=O)nc-3n(CCN3CCC[C@H]3c3nn[nH]n3)c2cc1C. The number of hydrogen-bond acceptors (Lipinski definition) is 17. The van der Waals surface area contributed by atoms with E-state index in [4.69, 9.17) is 5.11 Å². The van der Waals surface area contributed by atoms with E-state index >= 15 is 0 Å². The van der Waals surface area contributed by atoms with Crippen molar-refractivity contribution in [2.75, 3.05) is 20.2 Å². The molecule has 6 aliphatic rings. The summed E-state index contributed by atoms with van der Waals surface area (Å²) >= 11 is 0. The van der Waals surface area contributed by atoms with Crippen LogP contribution in [0.3, 0.4) is 0 Å². The van der Waals surface area contributed by atoms with Gasteiger partial charge in [0, 0.05) is 26.1 Å². The second kappa shape index (κ2) is 19.2. The summed E-state index contributed by atoms with van der Waals surface area (Å²) in [5.41, 5.74) is 4.70. The molecule has 63 heavy (non-hydrogen) atoms. The van der Waals surface area contributed by atoms with Crippen molar-refractivity contribution >= 4 is 28.4 Å². The van der Waals surface area contributed by atoms with Gasteiger partial charge in [-0.1, -0.05) is 23.3 Å². The molecule has 1 aliphatic carbocycles. The Labute approximate surface area is 357 Å². The van der Waals surface area contributed by atoms with Crippen LogP contribution in [0.2, 0.25) is 0 Å². The lowest BCUT2D eigenvalue weighted by Gasteiger charge is -2.24. The van der Waals surface area contributed by atoms with Gasteiger partial charge in [-0.3, -0.25) is 24.5 Å². The maximum atomic E-state index is 12.4. The maximum Gasteiger partial charge on any atom is 0.349 e. The van der Waals surface area contributed by atoms with Crippen LogP contribution in [-0.2, 0) is 17.9 Å². The van der Waals surface area contributed by atoms with Crippen molar-refractivity contribution in [2.24, 2.45) is 0 Å². The fourth-order valence-corrected chi connectivity index (χ4v) is 8.04. The summed E-state index contributed by atoms with van der Waals surface area (Å²) in [6, 6.07) is 7.80. The maximum absolute atomic E-state index is 12.4. The molecule has 7 heterocycles. The Morgan fingerprint density at radius 1 is 0.651 bits per heavy atom. The molecule has 2 aromatic heterocycles. The van der Waals surface area contributed by atoms with E-state index in [9.17, 15) is 24.0 Å². The van der Waals surface area contributed by atoms with E-state index in [0.29, 0.717) is 53.5 Å². The molecule has 1 atom stereocenters. The molecule has 1 saturated heterocycles. The van der Waals surface area contributed by atoms with Gasteiger partial charge in [0.15, 0.2) is 34.7 Å². The van der Waals surface area contributed by atoms with Gasteiger partial charge < -0.3 is 19.0 Å². The number of aliphatic hydroxyl groups is 1. The monoisotopic (exact) mass is 861 g/mol. The molecule has 1 saturated carbocycles. The number of aromatic amines is 4. The third kappa shape index (κ3) is 9.33. The summed E-state index contributed by atoms with van der Waals surface area (Å²) in [5.74, 6) is 2.59. The standard InChI is InChI=1S/C19H21N9O2.C14H12N4O3.C6H10N4.CH4O/c1-10-8-12-14(9-11(10)2)28(17-15(20-12)18(29)22-19(30)21-17)7-6-27-5-3-4-13(27)16-23-25-26-24-16;1-7-5-9-10(6-8(7)2)18(3-4-19)12-11(15-9)13(20)17-14(21)16-12;1-2-4-5(3-1)6-7-9-10-8-6;1-2/h8-9,13H,3-7H2,1-2H3,(H,22,29,30)(H,23,24,25,26);4-6H,3H2,1-2H3,(H,17,20,21);5H,1-4H2,(H,7,8,9,10);2H,1H3/t13-;;;/m0.../s1. The van der Waals surface area contributed by atoms with E-state index in [1.165, 1.54) is 30.3 Å². The summed E-state index contributed by atoms with van der Waals surface area (Å²) in [4.78, 5) is 81.9. The predicted molar refractivity (Wildman–Crippen MR) is 228 cm³/mol. The van der Waals surface area contributed by atoms with E-state index in [2.05, 4.69) is 76.1 Å². The molecule has 0 unspecified atom stereocenters. The summed E-state index contributed by atoms with van der Waals surface area (Å²) in [5, 5.41) is 35.4. The third-order valence-corrected chi connectivity index (χ3v) is 11.4. The molecule has 23 nitrogen and oxygen atoms in total. The average molecular weight is 862 g/mol. The number of H-pyrrole nitrogens is 4. The molecule has 5 aliphatic heterocycles. The van der Waals surface area contributed by atoms with Crippen molar-refractivity contribution in [3.8, 4) is 23.0 Å². The molecule has 328 valence electrons. The van der Waals surface area contributed by atoms with Crippen molar-refractivity contribution in [1.82, 2.24) is 85.2 Å². The molecule has 0 radical (unpaired) electrons. The highest BCUT2D eigenvalue weighted by molar-refractivity contribution is 5.82. The zero-order chi connectivity index (χ0) is 44.8. The number of carbonyl (C=O) groups excluding carboxylic acids is 1. The van der Waals surface area contributed by atoms with E-state index in [-0.39, 0.29) is 29.8 Å². The normalized spacial score (nSPS) is 15.2. The zero-order valence-corrected chi connectivity index (χ0v) is 35.4. The van der Waals surface area contributed by atoms with Crippen LogP contribution in [0, 0.1) is 27.7 Å². The van der Waals surface area contributed by atoms with Crippen molar-refractivity contribution < 1.29 is 9.90 Å². The van der Waals surface area contributed by atoms with Crippen LogP contribution in [-0.4, -0.2) is 117 Å². The van der Waals surface area contributed by atoms with Gasteiger partial charge in [-0.15, -0.1) is 20.4 Å². The molecule has 2 aromatic carbocycles. The number of likely N-dealkylation sites (tertiary alicyclic amines) is 1. The number of aryl methyl sites for hydroxylation is 4. The molecule has 23 heteroatoms. The predicted octanol–water partition coefficient (Wildman–Crippen LogP) is 1.42. The van der Waals surface area contributed by atoms with Crippen molar-refractivity contribution in [1.29, 1.82) is 0 Å². The average Bonchev–Trinajstić information content (AvgIpc) is 4.12. The lowest BCUT2D eigenvalue weighted by atomic mass is 10.1. The van der Waals surface area contributed by atoms with Crippen molar-refractivity contribution in [2.45, 2.75) is 91.3 Å². The lowest BCUT2D eigenvalue weighted by molar-refractivity contribution is -0.108. The minimum absolute atomic E-state index is 0.00604. The summed E-state index contributed by atoms with van der Waals surface area (Å²) in [6.45, 7) is 10.1. The fraction of sp³-hybridized carbons (Fsp3) is 0.425. The number of rotatable bonds is 7. The van der Waals surface area contributed by atoms with E-state index in [0.717, 1.165) is 60.1 Å². The first-order chi connectivity index (χ1) is 30.5. The van der Waals surface area contributed by atoms with Crippen LogP contribution in [0.5, 0.6) is 0 Å². The van der Waals surface area contributed by atoms with Gasteiger partial charge in [0.05, 0.1) is 34.7 Å². The number of aromatic nitrogens is 16. The molecule has 0 spiro atoms. The number of nitrogens with one attached hydrogen (secondary N) is 4. The third-order valence-electron chi connectivity index (χ3n) is 11.4. The summed E-state index contributed by atoms with van der Waals surface area (Å²) in [7, 11) is 1.00. The minimum atomic E-state index is -0.753. The van der Waals surface area contributed by atoms with E-state index in [1.807, 2.05) is 56.5 Å². The Morgan fingerprint density at radius 2 is 1.16 bits per heavy atom. The number of benzene rings is 2. The molecular formula is C40H47N17O6. The van der Waals surface area contributed by atoms with Gasteiger partial charge in [0.1, 0.15) is 6.29 Å². The van der Waals surface area contributed by atoms with E-state index < -0.39 is 22.5 Å². The Kier molecular flexibility index (Phi) is 13.3. The first-order valence-electron chi connectivity index (χ1n) is 20.4. The van der Waals surface area contributed by atoms with Gasteiger partial charge in [0.25, 0.3) is 11.1 Å². The van der Waals surface area contributed by atoms with Crippen LogP contribution in [0.1, 0.15) is 84.4 Å². The second-order valence-electron chi connectivity index (χ2n) is 15.3. The first-order valence-corrected chi connectivity index (χ1v) is 20.4. The Hall–Kier alpha value is -7.27. The number of hydrogen-bond donors (Lipinski definition) is 5. The number of nitrogens with zero attached hydrogens (tertiary/aromatic N) is 13. The molecular weight excluding hydrogens is 815 g/mol. The lowest BCUT2D eigenvalue weighted by Crippen LogP contribution is -2.32. The smallest absolute Gasteiger partial charge is 0.349 e. The minimum Gasteiger partial charge on any atom is -0.400 e. The van der Waals surface area contributed by atoms with Gasteiger partial charge in [-0.2, -0.15) is 20.4 Å². The van der Waals surface area contributed by atoms with Gasteiger partial charge in [-0.05, 0) is 106 Å². The van der Waals surface area contributed by atoms with Gasteiger partial charge >= 0.3 is 11.4 Å². The number of aldehydes is 1. The fourth-order valence-electron chi connectivity index (χ4n) is 8.04. The van der Waals surface area contributed by atoms with Crippen LogP contribution >= 0.6 is 0 Å². The molecule has 10 rings (SSSR count). The van der Waals surface area contributed by atoms with Crippen LogP contribution in [0.25, 0.3) is 45.1 Å². The highest BCUT2D eigenvalue weighted by Crippen LogP contribution is 2.32. The number of aliphatic hydroxyl groups excluding tert-OH is 1. The van der Waals surface area contributed by atoms with E-state index in [1.54, 1.807) is 0 Å². The molecule has 5 N–H and O–H groups in total. The first kappa shape index (κ1) is 43.8. The van der Waals surface area contributed by atoms with Gasteiger partial charge in [-0.25, -0.2) is 19.6 Å². The largest absolute Gasteiger partial charge is 0.400 e. The molecule has 4 aromatic rings. The van der Waals surface area contributed by atoms with Crippen LogP contribution < -0.4 is 22.5 Å². The number of fused-ring (bicyclic) bond motifs is 4. The quantitative estimate of drug-likeness (QED) is 0.112. The van der Waals surface area contributed by atoms with Crippen LogP contribution in [0.4, 0.5) is 0 Å². The highest BCUT2D eigenvalue weighted by atomic mass is 16.2. The van der Waals surface area contributed by atoms with Crippen LogP contribution in [0.15, 0.2) is 43.4 Å². The Bertz CT molecular complexity index is 3020. The highest BCUT2D eigenvalue weighted by Gasteiger charge is 2.30. The number of tetrazole rings is 2. The zero-order valence-electron chi connectivity index (χ0n) is 35.4. The number of carbonyl (C=O) groups is 1. The van der Waals surface area contributed by atoms with Crippen molar-refractivity contribution in [3.05, 3.63) is 99.8 Å². The molecule has 0 amide bonds. The van der Waals surface area contributed by atoms with Gasteiger partial charge in [0.2, 0.25) is 0 Å². The Balaban J connectivity index is 0.000000155. The van der Waals surface area contributed by atoms with Crippen molar-refractivity contribution in [3.63, 3.8) is 0 Å². The molecule has 0 bridgehead atoms. The second-order valence-corrected chi connectivity index (χ2v) is 15.3. The topological polar surface area (TPSA) is 311 Å². The molecule has 2 fully saturated rings. The Morgan fingerprint density at radius 3 is 1.68 bits per heavy atom.